The second kappa shape index (κ2) is 6.23. The Kier molecular flexibility index (Phi) is 5.56. The lowest BCUT2D eigenvalue weighted by molar-refractivity contribution is 0.250. The number of piperidine rings is 1. The molecule has 0 aromatic carbocycles. The fourth-order valence-electron chi connectivity index (χ4n) is 2.23. The number of hydrogen-bond acceptors (Lipinski definition) is 4. The van der Waals surface area contributed by atoms with Crippen molar-refractivity contribution in [3.63, 3.8) is 0 Å². The van der Waals surface area contributed by atoms with Crippen LogP contribution in [-0.4, -0.2) is 50.1 Å². The maximum Gasteiger partial charge on any atom is 0.211 e. The van der Waals surface area contributed by atoms with Crippen molar-refractivity contribution >= 4 is 21.8 Å². The summed E-state index contributed by atoms with van der Waals surface area (Å²) >= 11 is 1.75. The standard InChI is InChI=1S/C10H22N2O2S2/c1-15-8-10(11)6-9-4-3-5-12(7-9)16(2,13)14/h9-10H,3-8,11H2,1-2H3. The van der Waals surface area contributed by atoms with E-state index in [9.17, 15) is 8.42 Å². The van der Waals surface area contributed by atoms with Gasteiger partial charge in [0.05, 0.1) is 6.26 Å². The fraction of sp³-hybridized carbons (Fsp3) is 1.00. The molecule has 96 valence electrons. The van der Waals surface area contributed by atoms with Crippen LogP contribution in [0.3, 0.4) is 0 Å². The molecule has 0 bridgehead atoms. The Morgan fingerprint density at radius 1 is 1.56 bits per heavy atom. The van der Waals surface area contributed by atoms with Gasteiger partial charge in [-0.2, -0.15) is 11.8 Å². The van der Waals surface area contributed by atoms with Gasteiger partial charge >= 0.3 is 0 Å². The third-order valence-corrected chi connectivity index (χ3v) is 5.00. The summed E-state index contributed by atoms with van der Waals surface area (Å²) in [7, 11) is -3.02. The molecule has 2 atom stereocenters. The quantitative estimate of drug-likeness (QED) is 0.797. The van der Waals surface area contributed by atoms with Gasteiger partial charge in [-0.15, -0.1) is 0 Å². The molecule has 1 heterocycles. The lowest BCUT2D eigenvalue weighted by Gasteiger charge is -2.32. The molecule has 1 fully saturated rings. The molecule has 2 unspecified atom stereocenters. The number of rotatable bonds is 5. The molecule has 0 saturated carbocycles. The first-order valence-corrected chi connectivity index (χ1v) is 8.87. The zero-order chi connectivity index (χ0) is 12.2. The Morgan fingerprint density at radius 2 is 2.25 bits per heavy atom. The van der Waals surface area contributed by atoms with Crippen LogP contribution in [0.2, 0.25) is 0 Å². The summed E-state index contributed by atoms with van der Waals surface area (Å²) in [5.74, 6) is 1.39. The Hall–Kier alpha value is 0.220. The summed E-state index contributed by atoms with van der Waals surface area (Å²) < 4.78 is 24.5. The van der Waals surface area contributed by atoms with Crippen LogP contribution in [0.15, 0.2) is 0 Å². The van der Waals surface area contributed by atoms with E-state index in [1.165, 1.54) is 6.26 Å². The molecule has 1 rings (SSSR count). The maximum atomic E-state index is 11.4. The van der Waals surface area contributed by atoms with Crippen LogP contribution in [0.1, 0.15) is 19.3 Å². The Balaban J connectivity index is 2.45. The van der Waals surface area contributed by atoms with Gasteiger partial charge in [-0.1, -0.05) is 0 Å². The second-order valence-corrected chi connectivity index (χ2v) is 7.47. The second-order valence-electron chi connectivity index (χ2n) is 4.58. The summed E-state index contributed by atoms with van der Waals surface area (Å²) in [6, 6.07) is 0.194. The van der Waals surface area contributed by atoms with Crippen LogP contribution in [0, 0.1) is 5.92 Å². The minimum absolute atomic E-state index is 0.194. The molecular formula is C10H22N2O2S2. The zero-order valence-corrected chi connectivity index (χ0v) is 11.7. The average molecular weight is 266 g/mol. The third-order valence-electron chi connectivity index (χ3n) is 2.97. The molecule has 4 nitrogen and oxygen atoms in total. The highest BCUT2D eigenvalue weighted by Crippen LogP contribution is 2.22. The molecule has 0 aliphatic carbocycles. The molecule has 1 aliphatic rings. The van der Waals surface area contributed by atoms with E-state index in [1.807, 2.05) is 6.26 Å². The van der Waals surface area contributed by atoms with Crippen LogP contribution >= 0.6 is 11.8 Å². The Morgan fingerprint density at radius 3 is 2.81 bits per heavy atom. The molecule has 2 N–H and O–H groups in total. The van der Waals surface area contributed by atoms with Gasteiger partial charge in [-0.05, 0) is 31.4 Å². The minimum Gasteiger partial charge on any atom is -0.327 e. The van der Waals surface area contributed by atoms with Crippen LogP contribution in [0.4, 0.5) is 0 Å². The lowest BCUT2D eigenvalue weighted by Crippen LogP contribution is -2.41. The van der Waals surface area contributed by atoms with E-state index in [-0.39, 0.29) is 6.04 Å². The van der Waals surface area contributed by atoms with E-state index in [0.29, 0.717) is 19.0 Å². The Bertz CT molecular complexity index is 306. The molecular weight excluding hydrogens is 244 g/mol. The van der Waals surface area contributed by atoms with Crippen molar-refractivity contribution in [2.45, 2.75) is 25.3 Å². The van der Waals surface area contributed by atoms with E-state index in [2.05, 4.69) is 0 Å². The monoisotopic (exact) mass is 266 g/mol. The third kappa shape index (κ3) is 4.61. The molecule has 0 radical (unpaired) electrons. The van der Waals surface area contributed by atoms with Crippen molar-refractivity contribution in [1.29, 1.82) is 0 Å². The highest BCUT2D eigenvalue weighted by Gasteiger charge is 2.26. The van der Waals surface area contributed by atoms with E-state index in [1.54, 1.807) is 16.1 Å². The normalized spacial score (nSPS) is 25.6. The molecule has 0 amide bonds. The molecule has 1 saturated heterocycles. The lowest BCUT2D eigenvalue weighted by atomic mass is 9.93. The van der Waals surface area contributed by atoms with Crippen molar-refractivity contribution < 1.29 is 8.42 Å². The molecule has 0 aromatic rings. The van der Waals surface area contributed by atoms with Crippen molar-refractivity contribution in [3.8, 4) is 0 Å². The molecule has 6 heteroatoms. The predicted molar refractivity (Wildman–Crippen MR) is 70.1 cm³/mol. The topological polar surface area (TPSA) is 63.4 Å². The Labute approximate surface area is 103 Å². The summed E-state index contributed by atoms with van der Waals surface area (Å²) in [5.41, 5.74) is 5.98. The fourth-order valence-corrected chi connectivity index (χ4v) is 3.74. The summed E-state index contributed by atoms with van der Waals surface area (Å²) in [6.07, 6.45) is 6.34. The first-order valence-electron chi connectivity index (χ1n) is 5.63. The van der Waals surface area contributed by atoms with Gasteiger partial charge in [0.2, 0.25) is 10.0 Å². The molecule has 16 heavy (non-hydrogen) atoms. The molecule has 0 spiro atoms. The SMILES string of the molecule is CSCC(N)CC1CCCN(S(C)(=O)=O)C1. The first kappa shape index (κ1) is 14.3. The van der Waals surface area contributed by atoms with Crippen LogP contribution < -0.4 is 5.73 Å². The van der Waals surface area contributed by atoms with Gasteiger partial charge in [-0.25, -0.2) is 12.7 Å². The van der Waals surface area contributed by atoms with E-state index < -0.39 is 10.0 Å². The highest BCUT2D eigenvalue weighted by molar-refractivity contribution is 7.98. The number of hydrogen-bond donors (Lipinski definition) is 1. The summed E-state index contributed by atoms with van der Waals surface area (Å²) in [4.78, 5) is 0. The van der Waals surface area contributed by atoms with Crippen LogP contribution in [0.25, 0.3) is 0 Å². The van der Waals surface area contributed by atoms with Crippen molar-refractivity contribution in [2.75, 3.05) is 31.4 Å². The van der Waals surface area contributed by atoms with Crippen molar-refractivity contribution in [2.24, 2.45) is 11.7 Å². The van der Waals surface area contributed by atoms with Crippen LogP contribution in [0.5, 0.6) is 0 Å². The van der Waals surface area contributed by atoms with Gasteiger partial charge in [0.15, 0.2) is 0 Å². The smallest absolute Gasteiger partial charge is 0.211 e. The van der Waals surface area contributed by atoms with Crippen molar-refractivity contribution in [1.82, 2.24) is 4.31 Å². The number of sulfonamides is 1. The summed E-state index contributed by atoms with van der Waals surface area (Å²) in [5, 5.41) is 0. The van der Waals surface area contributed by atoms with Crippen molar-refractivity contribution in [3.05, 3.63) is 0 Å². The average Bonchev–Trinajstić information content (AvgIpc) is 2.17. The minimum atomic E-state index is -3.02. The van der Waals surface area contributed by atoms with E-state index >= 15 is 0 Å². The van der Waals surface area contributed by atoms with Crippen LogP contribution in [-0.2, 0) is 10.0 Å². The largest absolute Gasteiger partial charge is 0.327 e. The van der Waals surface area contributed by atoms with Gasteiger partial charge in [0, 0.05) is 24.9 Å². The highest BCUT2D eigenvalue weighted by atomic mass is 32.2. The zero-order valence-electron chi connectivity index (χ0n) is 10.1. The number of nitrogens with zero attached hydrogens (tertiary/aromatic N) is 1. The first-order chi connectivity index (χ1) is 7.43. The van der Waals surface area contributed by atoms with Gasteiger partial charge < -0.3 is 5.73 Å². The maximum absolute atomic E-state index is 11.4. The summed E-state index contributed by atoms with van der Waals surface area (Å²) in [6.45, 7) is 1.33. The van der Waals surface area contributed by atoms with Gasteiger partial charge in [0.25, 0.3) is 0 Å². The van der Waals surface area contributed by atoms with Gasteiger partial charge in [-0.3, -0.25) is 0 Å². The van der Waals surface area contributed by atoms with E-state index in [4.69, 9.17) is 5.73 Å². The predicted octanol–water partition coefficient (Wildman–Crippen LogP) is 0.738. The molecule has 1 aliphatic heterocycles. The number of thioether (sulfide) groups is 1. The number of nitrogens with two attached hydrogens (primary N) is 1. The van der Waals surface area contributed by atoms with Gasteiger partial charge in [0.1, 0.15) is 0 Å². The van der Waals surface area contributed by atoms with E-state index in [0.717, 1.165) is 25.0 Å². The molecule has 0 aromatic heterocycles.